The Hall–Kier alpha value is -2.72. The number of aromatic amines is 1. The summed E-state index contributed by atoms with van der Waals surface area (Å²) in [6.07, 6.45) is 2.65. The Labute approximate surface area is 148 Å². The third kappa shape index (κ3) is 3.20. The molecule has 10 heteroatoms. The summed E-state index contributed by atoms with van der Waals surface area (Å²) in [4.78, 5) is 13.8. The van der Waals surface area contributed by atoms with Gasteiger partial charge in [-0.3, -0.25) is 4.98 Å². The number of hydrogen-bond acceptors (Lipinski definition) is 7. The van der Waals surface area contributed by atoms with Gasteiger partial charge in [-0.1, -0.05) is 0 Å². The Kier molecular flexibility index (Phi) is 4.21. The first kappa shape index (κ1) is 16.7. The van der Waals surface area contributed by atoms with Crippen LogP contribution in [0.5, 0.6) is 5.88 Å². The van der Waals surface area contributed by atoms with Crippen LogP contribution in [0.1, 0.15) is 12.8 Å². The maximum absolute atomic E-state index is 13.0. The van der Waals surface area contributed by atoms with Crippen LogP contribution in [0.25, 0.3) is 11.1 Å². The maximum Gasteiger partial charge on any atom is 0.417 e. The van der Waals surface area contributed by atoms with Crippen molar-refractivity contribution in [2.75, 3.05) is 13.1 Å². The molecule has 3 aromatic rings. The first-order valence-electron chi connectivity index (χ1n) is 8.10. The Morgan fingerprint density at radius 3 is 3.00 bits per heavy atom. The third-order valence-corrected chi connectivity index (χ3v) is 6.07. The molecule has 2 aromatic heterocycles. The summed E-state index contributed by atoms with van der Waals surface area (Å²) in [6, 6.07) is 7.70. The zero-order chi connectivity index (χ0) is 18.1. The van der Waals surface area contributed by atoms with E-state index in [0.717, 1.165) is 6.42 Å². The summed E-state index contributed by atoms with van der Waals surface area (Å²) in [5, 5.41) is 7.62. The zero-order valence-electron chi connectivity index (χ0n) is 13.7. The summed E-state index contributed by atoms with van der Waals surface area (Å²) in [5.41, 5.74) is 0.664. The number of nitrogens with zero attached hydrogens (tertiary/aromatic N) is 3. The number of H-pyrrole nitrogens is 1. The number of benzene rings is 1. The first-order valence-corrected chi connectivity index (χ1v) is 9.54. The molecular weight excluding hydrogens is 360 g/mol. The number of nitrogens with one attached hydrogen (secondary N) is 1. The Morgan fingerprint density at radius 1 is 1.31 bits per heavy atom. The van der Waals surface area contributed by atoms with Crippen molar-refractivity contribution in [3.63, 3.8) is 0 Å². The molecule has 1 fully saturated rings. The van der Waals surface area contributed by atoms with E-state index in [2.05, 4.69) is 15.2 Å². The van der Waals surface area contributed by atoms with Crippen molar-refractivity contribution in [1.82, 2.24) is 19.5 Å². The lowest BCUT2D eigenvalue weighted by Crippen LogP contribution is -2.44. The fourth-order valence-electron chi connectivity index (χ4n) is 2.98. The Bertz CT molecular complexity index is 1080. The van der Waals surface area contributed by atoms with E-state index in [-0.39, 0.29) is 17.5 Å². The van der Waals surface area contributed by atoms with E-state index in [1.807, 2.05) is 0 Å². The third-order valence-electron chi connectivity index (χ3n) is 4.20. The average molecular weight is 376 g/mol. The highest BCUT2D eigenvalue weighted by atomic mass is 32.2. The fourth-order valence-corrected chi connectivity index (χ4v) is 4.52. The Balaban J connectivity index is 1.56. The van der Waals surface area contributed by atoms with Crippen molar-refractivity contribution in [3.8, 4) is 5.88 Å². The summed E-state index contributed by atoms with van der Waals surface area (Å²) in [7, 11) is -3.72. The number of sulfonamides is 1. The molecule has 26 heavy (non-hydrogen) atoms. The number of ether oxygens (including phenoxy) is 1. The van der Waals surface area contributed by atoms with E-state index in [0.29, 0.717) is 29.9 Å². The van der Waals surface area contributed by atoms with Crippen molar-refractivity contribution in [2.24, 2.45) is 0 Å². The van der Waals surface area contributed by atoms with Crippen LogP contribution in [0.2, 0.25) is 0 Å². The van der Waals surface area contributed by atoms with Crippen LogP contribution < -0.4 is 10.5 Å². The highest BCUT2D eigenvalue weighted by molar-refractivity contribution is 7.89. The lowest BCUT2D eigenvalue weighted by Gasteiger charge is -2.31. The smallest absolute Gasteiger partial charge is 0.417 e. The lowest BCUT2D eigenvalue weighted by molar-refractivity contribution is 0.123. The molecule has 0 radical (unpaired) electrons. The van der Waals surface area contributed by atoms with Crippen LogP contribution in [0.4, 0.5) is 0 Å². The predicted octanol–water partition coefficient (Wildman–Crippen LogP) is 1.14. The van der Waals surface area contributed by atoms with Gasteiger partial charge in [-0.25, -0.2) is 13.2 Å². The van der Waals surface area contributed by atoms with E-state index >= 15 is 0 Å². The molecule has 1 atom stereocenters. The van der Waals surface area contributed by atoms with E-state index < -0.39 is 15.8 Å². The average Bonchev–Trinajstić information content (AvgIpc) is 3.02. The monoisotopic (exact) mass is 376 g/mol. The van der Waals surface area contributed by atoms with Gasteiger partial charge in [0.1, 0.15) is 6.10 Å². The number of aromatic nitrogens is 3. The predicted molar refractivity (Wildman–Crippen MR) is 91.3 cm³/mol. The number of rotatable bonds is 4. The number of oxazole rings is 1. The van der Waals surface area contributed by atoms with Crippen LogP contribution >= 0.6 is 0 Å². The SMILES string of the molecule is O=c1[nH]c2cc(S(=O)(=O)N3CCC[C@@H](Oc4cccnn4)C3)ccc2o1. The lowest BCUT2D eigenvalue weighted by atomic mass is 10.1. The zero-order valence-corrected chi connectivity index (χ0v) is 14.5. The highest BCUT2D eigenvalue weighted by Crippen LogP contribution is 2.24. The minimum atomic E-state index is -3.72. The summed E-state index contributed by atoms with van der Waals surface area (Å²) in [5.74, 6) is -0.251. The van der Waals surface area contributed by atoms with Gasteiger partial charge in [0, 0.05) is 18.8 Å². The van der Waals surface area contributed by atoms with Gasteiger partial charge in [-0.2, -0.15) is 9.40 Å². The molecular formula is C16H16N4O5S. The topological polar surface area (TPSA) is 118 Å². The highest BCUT2D eigenvalue weighted by Gasteiger charge is 2.31. The van der Waals surface area contributed by atoms with E-state index in [1.54, 1.807) is 18.3 Å². The largest absolute Gasteiger partial charge is 0.472 e. The van der Waals surface area contributed by atoms with Crippen molar-refractivity contribution < 1.29 is 17.6 Å². The van der Waals surface area contributed by atoms with Gasteiger partial charge in [0.2, 0.25) is 15.9 Å². The molecule has 0 amide bonds. The molecule has 0 bridgehead atoms. The van der Waals surface area contributed by atoms with Crippen molar-refractivity contribution in [3.05, 3.63) is 47.1 Å². The molecule has 0 unspecified atom stereocenters. The van der Waals surface area contributed by atoms with E-state index in [4.69, 9.17) is 9.15 Å². The van der Waals surface area contributed by atoms with E-state index in [1.165, 1.54) is 22.5 Å². The normalized spacial score (nSPS) is 18.8. The van der Waals surface area contributed by atoms with Gasteiger partial charge in [-0.15, -0.1) is 5.10 Å². The standard InChI is InChI=1S/C16H16N4O5S/c21-16-18-13-9-12(5-6-14(13)25-16)26(22,23)20-8-2-3-11(10-20)24-15-4-1-7-17-19-15/h1,4-7,9,11H,2-3,8,10H2,(H,18,21)/t11-/m1/s1. The van der Waals surface area contributed by atoms with Gasteiger partial charge >= 0.3 is 5.76 Å². The van der Waals surface area contributed by atoms with Crippen molar-refractivity contribution >= 4 is 21.1 Å². The number of fused-ring (bicyclic) bond motifs is 1. The minimum absolute atomic E-state index is 0.0993. The molecule has 3 heterocycles. The summed E-state index contributed by atoms with van der Waals surface area (Å²) >= 11 is 0. The second kappa shape index (κ2) is 6.54. The number of hydrogen-bond donors (Lipinski definition) is 1. The summed E-state index contributed by atoms with van der Waals surface area (Å²) in [6.45, 7) is 0.626. The molecule has 1 aromatic carbocycles. The summed E-state index contributed by atoms with van der Waals surface area (Å²) < 4.78 is 38.0. The minimum Gasteiger partial charge on any atom is -0.472 e. The first-order chi connectivity index (χ1) is 12.5. The van der Waals surface area contributed by atoms with Gasteiger partial charge in [0.15, 0.2) is 5.58 Å². The second-order valence-electron chi connectivity index (χ2n) is 5.98. The molecule has 1 saturated heterocycles. The molecule has 4 rings (SSSR count). The maximum atomic E-state index is 13.0. The molecule has 1 aliphatic rings. The second-order valence-corrected chi connectivity index (χ2v) is 7.92. The van der Waals surface area contributed by atoms with Gasteiger partial charge in [-0.05, 0) is 37.1 Å². The van der Waals surface area contributed by atoms with Crippen LogP contribution in [-0.2, 0) is 10.0 Å². The van der Waals surface area contributed by atoms with Crippen LogP contribution in [0.3, 0.4) is 0 Å². The van der Waals surface area contributed by atoms with Gasteiger partial charge in [0.25, 0.3) is 0 Å². The van der Waals surface area contributed by atoms with E-state index in [9.17, 15) is 13.2 Å². The molecule has 0 saturated carbocycles. The van der Waals surface area contributed by atoms with Gasteiger partial charge in [0.05, 0.1) is 17.0 Å². The molecule has 9 nitrogen and oxygen atoms in total. The number of piperidine rings is 1. The molecule has 136 valence electrons. The van der Waals surface area contributed by atoms with Crippen LogP contribution in [0.15, 0.2) is 50.6 Å². The molecule has 1 N–H and O–H groups in total. The van der Waals surface area contributed by atoms with Crippen molar-refractivity contribution in [1.29, 1.82) is 0 Å². The fraction of sp³-hybridized carbons (Fsp3) is 0.312. The molecule has 0 aliphatic carbocycles. The van der Waals surface area contributed by atoms with Crippen molar-refractivity contribution in [2.45, 2.75) is 23.8 Å². The van der Waals surface area contributed by atoms with Crippen LogP contribution in [0, 0.1) is 0 Å². The molecule has 1 aliphatic heterocycles. The van der Waals surface area contributed by atoms with Crippen LogP contribution in [-0.4, -0.2) is 47.1 Å². The molecule has 0 spiro atoms. The quantitative estimate of drug-likeness (QED) is 0.725. The van der Waals surface area contributed by atoms with Gasteiger partial charge < -0.3 is 9.15 Å². The Morgan fingerprint density at radius 2 is 2.19 bits per heavy atom.